The summed E-state index contributed by atoms with van der Waals surface area (Å²) in [6, 6.07) is 5.83. The molecule has 0 aliphatic carbocycles. The molecular formula is C15H24N2O. The lowest BCUT2D eigenvalue weighted by Crippen LogP contribution is -2.38. The third-order valence-corrected chi connectivity index (χ3v) is 3.26. The predicted molar refractivity (Wildman–Crippen MR) is 76.6 cm³/mol. The maximum absolute atomic E-state index is 12.0. The fraction of sp³-hybridized carbons (Fsp3) is 0.533. The molecule has 0 aromatic heterocycles. The van der Waals surface area contributed by atoms with Crippen molar-refractivity contribution in [2.75, 3.05) is 5.32 Å². The van der Waals surface area contributed by atoms with Crippen molar-refractivity contribution in [3.8, 4) is 0 Å². The van der Waals surface area contributed by atoms with E-state index in [1.807, 2.05) is 52.8 Å². The normalized spacial score (nSPS) is 13.2. The lowest BCUT2D eigenvalue weighted by atomic mass is 9.85. The minimum atomic E-state index is -0.137. The maximum atomic E-state index is 12.0. The molecule has 0 saturated heterocycles. The maximum Gasteiger partial charge on any atom is 0.225 e. The van der Waals surface area contributed by atoms with Gasteiger partial charge in [0.25, 0.3) is 0 Å². The van der Waals surface area contributed by atoms with E-state index in [1.165, 1.54) is 0 Å². The Morgan fingerprint density at radius 1 is 1.28 bits per heavy atom. The number of nitrogens with two attached hydrogens (primary N) is 1. The number of nitrogens with one attached hydrogen (secondary N) is 1. The molecular weight excluding hydrogens is 224 g/mol. The van der Waals surface area contributed by atoms with Crippen LogP contribution in [0, 0.1) is 19.3 Å². The standard InChI is InChI=1S/C15H24N2O/c1-10-7-6-8-11(2)14(10)17-13(18)9-12(16)15(3,4)5/h6-8,12H,9,16H2,1-5H3,(H,17,18). The lowest BCUT2D eigenvalue weighted by molar-refractivity contribution is -0.117. The summed E-state index contributed by atoms with van der Waals surface area (Å²) >= 11 is 0. The Labute approximate surface area is 110 Å². The number of benzene rings is 1. The van der Waals surface area contributed by atoms with E-state index in [1.54, 1.807) is 0 Å². The van der Waals surface area contributed by atoms with E-state index in [4.69, 9.17) is 5.73 Å². The van der Waals surface area contributed by atoms with Gasteiger partial charge < -0.3 is 11.1 Å². The summed E-state index contributed by atoms with van der Waals surface area (Å²) in [5.74, 6) is -0.0187. The molecule has 0 radical (unpaired) electrons. The summed E-state index contributed by atoms with van der Waals surface area (Å²) < 4.78 is 0. The quantitative estimate of drug-likeness (QED) is 0.864. The number of amides is 1. The molecule has 3 N–H and O–H groups in total. The van der Waals surface area contributed by atoms with Gasteiger partial charge in [0, 0.05) is 18.2 Å². The van der Waals surface area contributed by atoms with E-state index in [9.17, 15) is 4.79 Å². The number of anilines is 1. The first kappa shape index (κ1) is 14.7. The molecule has 1 atom stereocenters. The zero-order valence-electron chi connectivity index (χ0n) is 12.0. The van der Waals surface area contributed by atoms with Crippen molar-refractivity contribution in [1.82, 2.24) is 0 Å². The minimum Gasteiger partial charge on any atom is -0.327 e. The van der Waals surface area contributed by atoms with Crippen LogP contribution in [-0.2, 0) is 4.79 Å². The predicted octanol–water partition coefficient (Wildman–Crippen LogP) is 3.01. The Balaban J connectivity index is 2.72. The summed E-state index contributed by atoms with van der Waals surface area (Å²) in [6.07, 6.45) is 0.345. The molecule has 1 rings (SSSR count). The fourth-order valence-electron chi connectivity index (χ4n) is 1.71. The van der Waals surface area contributed by atoms with Crippen molar-refractivity contribution in [2.24, 2.45) is 11.1 Å². The van der Waals surface area contributed by atoms with Gasteiger partial charge in [-0.1, -0.05) is 39.0 Å². The molecule has 18 heavy (non-hydrogen) atoms. The second kappa shape index (κ2) is 5.53. The zero-order chi connectivity index (χ0) is 13.9. The van der Waals surface area contributed by atoms with Gasteiger partial charge in [-0.2, -0.15) is 0 Å². The molecule has 3 nitrogen and oxygen atoms in total. The number of aryl methyl sites for hydroxylation is 2. The highest BCUT2D eigenvalue weighted by atomic mass is 16.1. The average molecular weight is 248 g/mol. The van der Waals surface area contributed by atoms with Crippen LogP contribution in [0.25, 0.3) is 0 Å². The molecule has 100 valence electrons. The van der Waals surface area contributed by atoms with Crippen LogP contribution in [0.5, 0.6) is 0 Å². The van der Waals surface area contributed by atoms with Gasteiger partial charge in [-0.25, -0.2) is 0 Å². The van der Waals surface area contributed by atoms with Crippen LogP contribution < -0.4 is 11.1 Å². The Hall–Kier alpha value is -1.35. The number of para-hydroxylation sites is 1. The van der Waals surface area contributed by atoms with Gasteiger partial charge in [0.05, 0.1) is 0 Å². The van der Waals surface area contributed by atoms with Crippen LogP contribution in [0.3, 0.4) is 0 Å². The number of rotatable bonds is 3. The highest BCUT2D eigenvalue weighted by Gasteiger charge is 2.23. The Morgan fingerprint density at radius 3 is 2.22 bits per heavy atom. The molecule has 0 spiro atoms. The molecule has 0 aliphatic heterocycles. The largest absolute Gasteiger partial charge is 0.327 e. The second-order valence-corrected chi connectivity index (χ2v) is 5.99. The van der Waals surface area contributed by atoms with Gasteiger partial charge in [0.15, 0.2) is 0 Å². The number of hydrogen-bond acceptors (Lipinski definition) is 2. The molecule has 0 fully saturated rings. The van der Waals surface area contributed by atoms with Gasteiger partial charge in [0.2, 0.25) is 5.91 Å². The Morgan fingerprint density at radius 2 is 1.78 bits per heavy atom. The molecule has 0 heterocycles. The van der Waals surface area contributed by atoms with Crippen LogP contribution in [0.2, 0.25) is 0 Å². The second-order valence-electron chi connectivity index (χ2n) is 5.99. The minimum absolute atomic E-state index is 0.0187. The smallest absolute Gasteiger partial charge is 0.225 e. The molecule has 1 aromatic rings. The fourth-order valence-corrected chi connectivity index (χ4v) is 1.71. The number of carbonyl (C=O) groups excluding carboxylic acids is 1. The summed E-state index contributed by atoms with van der Waals surface area (Å²) in [4.78, 5) is 12.0. The van der Waals surface area contributed by atoms with Gasteiger partial charge >= 0.3 is 0 Å². The van der Waals surface area contributed by atoms with E-state index in [2.05, 4.69) is 5.32 Å². The first-order chi connectivity index (χ1) is 8.21. The SMILES string of the molecule is Cc1cccc(C)c1NC(=O)CC(N)C(C)(C)C. The highest BCUT2D eigenvalue weighted by Crippen LogP contribution is 2.22. The van der Waals surface area contributed by atoms with E-state index in [-0.39, 0.29) is 17.4 Å². The van der Waals surface area contributed by atoms with Crippen molar-refractivity contribution < 1.29 is 4.79 Å². The summed E-state index contributed by atoms with van der Waals surface area (Å²) in [7, 11) is 0. The molecule has 0 saturated carbocycles. The van der Waals surface area contributed by atoms with Crippen LogP contribution in [0.15, 0.2) is 18.2 Å². The Kier molecular flexibility index (Phi) is 4.52. The van der Waals surface area contributed by atoms with E-state index in [0.29, 0.717) is 6.42 Å². The molecule has 1 aromatic carbocycles. The summed E-state index contributed by atoms with van der Waals surface area (Å²) in [5.41, 5.74) is 9.02. The summed E-state index contributed by atoms with van der Waals surface area (Å²) in [6.45, 7) is 10.1. The Bertz CT molecular complexity index is 412. The van der Waals surface area contributed by atoms with E-state index >= 15 is 0 Å². The third-order valence-electron chi connectivity index (χ3n) is 3.26. The number of hydrogen-bond donors (Lipinski definition) is 2. The van der Waals surface area contributed by atoms with Crippen molar-refractivity contribution in [3.05, 3.63) is 29.3 Å². The first-order valence-electron chi connectivity index (χ1n) is 6.33. The molecule has 1 unspecified atom stereocenters. The van der Waals surface area contributed by atoms with Crippen molar-refractivity contribution in [2.45, 2.75) is 47.1 Å². The number of carbonyl (C=O) groups is 1. The first-order valence-corrected chi connectivity index (χ1v) is 6.33. The van der Waals surface area contributed by atoms with Gasteiger partial charge in [-0.05, 0) is 30.4 Å². The zero-order valence-corrected chi connectivity index (χ0v) is 12.0. The van der Waals surface area contributed by atoms with Gasteiger partial charge in [-0.15, -0.1) is 0 Å². The lowest BCUT2D eigenvalue weighted by Gasteiger charge is -2.26. The molecule has 0 aliphatic rings. The monoisotopic (exact) mass is 248 g/mol. The van der Waals surface area contributed by atoms with Crippen molar-refractivity contribution in [1.29, 1.82) is 0 Å². The van der Waals surface area contributed by atoms with E-state index < -0.39 is 0 Å². The van der Waals surface area contributed by atoms with Crippen molar-refractivity contribution in [3.63, 3.8) is 0 Å². The highest BCUT2D eigenvalue weighted by molar-refractivity contribution is 5.92. The van der Waals surface area contributed by atoms with Gasteiger partial charge in [-0.3, -0.25) is 4.79 Å². The average Bonchev–Trinajstić information content (AvgIpc) is 2.22. The van der Waals surface area contributed by atoms with Gasteiger partial charge in [0.1, 0.15) is 0 Å². The summed E-state index contributed by atoms with van der Waals surface area (Å²) in [5, 5.41) is 2.96. The molecule has 0 bridgehead atoms. The van der Waals surface area contributed by atoms with Crippen LogP contribution >= 0.6 is 0 Å². The molecule has 3 heteroatoms. The van der Waals surface area contributed by atoms with Crippen molar-refractivity contribution >= 4 is 11.6 Å². The molecule has 1 amide bonds. The third kappa shape index (κ3) is 3.84. The van der Waals surface area contributed by atoms with E-state index in [0.717, 1.165) is 16.8 Å². The van der Waals surface area contributed by atoms with Crippen LogP contribution in [-0.4, -0.2) is 11.9 Å². The van der Waals surface area contributed by atoms with Crippen LogP contribution in [0.4, 0.5) is 5.69 Å². The topological polar surface area (TPSA) is 55.1 Å². The van der Waals surface area contributed by atoms with Crippen LogP contribution in [0.1, 0.15) is 38.3 Å².